The molecule has 0 amide bonds. The highest BCUT2D eigenvalue weighted by Gasteiger charge is 2.37. The summed E-state index contributed by atoms with van der Waals surface area (Å²) in [7, 11) is -1.83. The van der Waals surface area contributed by atoms with Crippen molar-refractivity contribution in [2.75, 3.05) is 0 Å². The predicted octanol–water partition coefficient (Wildman–Crippen LogP) is 5.56. The number of hydrogen-bond donors (Lipinski definition) is 0. The first-order chi connectivity index (χ1) is 18.8. The van der Waals surface area contributed by atoms with Crippen molar-refractivity contribution in [2.45, 2.75) is 44.2 Å². The summed E-state index contributed by atoms with van der Waals surface area (Å²) in [5.74, 6) is 0.866. The molecule has 1 aliphatic rings. The van der Waals surface area contributed by atoms with Crippen LogP contribution >= 0.6 is 0 Å². The number of benzene rings is 4. The van der Waals surface area contributed by atoms with Gasteiger partial charge < -0.3 is 4.57 Å². The van der Waals surface area contributed by atoms with Crippen molar-refractivity contribution in [3.05, 3.63) is 140 Å². The van der Waals surface area contributed by atoms with E-state index >= 15 is 0 Å². The first kappa shape index (κ1) is 26.0. The molecule has 2 nitrogen and oxygen atoms in total. The Hall–Kier alpha value is -3.63. The van der Waals surface area contributed by atoms with Crippen LogP contribution in [0, 0.1) is 0 Å². The number of aromatic nitrogens is 2. The molecule has 4 aromatic carbocycles. The first-order valence-electron chi connectivity index (χ1n) is 14.0. The fraction of sp³-hybridized carbons (Fsp3) is 0.206. The Balaban J connectivity index is 0.000000162. The minimum Gasteiger partial charge on any atom is -0.340 e. The van der Waals surface area contributed by atoms with Gasteiger partial charge in [0.05, 0.1) is 6.33 Å². The zero-order valence-corrected chi connectivity index (χ0v) is 23.4. The third-order valence-electron chi connectivity index (χ3n) is 7.75. The molecule has 0 atom stereocenters. The van der Waals surface area contributed by atoms with E-state index in [1.165, 1.54) is 46.6 Å². The maximum Gasteiger partial charge on any atom is 0.212 e. The van der Waals surface area contributed by atoms with Crippen LogP contribution < -0.4 is 21.3 Å². The zero-order chi connectivity index (χ0) is 26.0. The SMILES string of the molecule is CCC[Si](Cn1ccnc1)(c1ccccc1)c1ccccc1.c1ccc(B(c2ccccc2)C2CC2)cc1. The Bertz CT molecular complexity index is 1260. The molecule has 6 rings (SSSR count). The Kier molecular flexibility index (Phi) is 8.72. The summed E-state index contributed by atoms with van der Waals surface area (Å²) < 4.78 is 2.25. The van der Waals surface area contributed by atoms with Gasteiger partial charge in [0.25, 0.3) is 0 Å². The number of hydrogen-bond acceptors (Lipinski definition) is 1. The van der Waals surface area contributed by atoms with Crippen LogP contribution in [0.2, 0.25) is 11.9 Å². The Labute approximate surface area is 229 Å². The maximum atomic E-state index is 4.24. The van der Waals surface area contributed by atoms with Crippen molar-refractivity contribution in [3.63, 3.8) is 0 Å². The predicted molar refractivity (Wildman–Crippen MR) is 166 cm³/mol. The second kappa shape index (κ2) is 12.8. The van der Waals surface area contributed by atoms with Gasteiger partial charge in [-0.15, -0.1) is 0 Å². The van der Waals surface area contributed by atoms with E-state index in [1.54, 1.807) is 0 Å². The maximum absolute atomic E-state index is 4.24. The van der Waals surface area contributed by atoms with Gasteiger partial charge in [-0.25, -0.2) is 4.98 Å². The van der Waals surface area contributed by atoms with E-state index in [0.717, 1.165) is 12.0 Å². The summed E-state index contributed by atoms with van der Waals surface area (Å²) in [4.78, 5) is 4.24. The molecule has 38 heavy (non-hydrogen) atoms. The highest BCUT2D eigenvalue weighted by atomic mass is 28.3. The number of rotatable bonds is 9. The molecule has 0 aliphatic heterocycles. The molecule has 0 N–H and O–H groups in total. The Morgan fingerprint density at radius 2 is 1.18 bits per heavy atom. The summed E-state index contributed by atoms with van der Waals surface area (Å²) in [5.41, 5.74) is 2.94. The van der Waals surface area contributed by atoms with Crippen molar-refractivity contribution in [3.8, 4) is 0 Å². The van der Waals surface area contributed by atoms with Gasteiger partial charge in [0.2, 0.25) is 6.71 Å². The van der Waals surface area contributed by atoms with Crippen LogP contribution in [0.1, 0.15) is 26.2 Å². The number of imidazole rings is 1. The van der Waals surface area contributed by atoms with Crippen LogP contribution in [0.25, 0.3) is 0 Å². The van der Waals surface area contributed by atoms with Gasteiger partial charge in [-0.3, -0.25) is 0 Å². The molecule has 4 heteroatoms. The van der Waals surface area contributed by atoms with E-state index < -0.39 is 8.07 Å². The fourth-order valence-corrected chi connectivity index (χ4v) is 10.6. The summed E-state index contributed by atoms with van der Waals surface area (Å²) >= 11 is 0. The Morgan fingerprint density at radius 1 is 0.711 bits per heavy atom. The van der Waals surface area contributed by atoms with Crippen LogP contribution in [0.3, 0.4) is 0 Å². The second-order valence-electron chi connectivity index (χ2n) is 10.4. The lowest BCUT2D eigenvalue weighted by Crippen LogP contribution is -2.61. The van der Waals surface area contributed by atoms with Crippen molar-refractivity contribution in [1.29, 1.82) is 0 Å². The minimum atomic E-state index is -1.83. The number of nitrogens with zero attached hydrogens (tertiary/aromatic N) is 2. The molecule has 0 spiro atoms. The van der Waals surface area contributed by atoms with E-state index in [1.807, 2.05) is 12.5 Å². The molecule has 1 saturated carbocycles. The lowest BCUT2D eigenvalue weighted by molar-refractivity contribution is 0.844. The van der Waals surface area contributed by atoms with E-state index in [-0.39, 0.29) is 0 Å². The van der Waals surface area contributed by atoms with Crippen LogP contribution in [0.5, 0.6) is 0 Å². The third-order valence-corrected chi connectivity index (χ3v) is 12.9. The highest BCUT2D eigenvalue weighted by Crippen LogP contribution is 2.38. The molecule has 0 bridgehead atoms. The summed E-state index contributed by atoms with van der Waals surface area (Å²) in [6.45, 7) is 2.91. The molecular weight excluding hydrogens is 475 g/mol. The normalized spacial score (nSPS) is 12.9. The second-order valence-corrected chi connectivity index (χ2v) is 14.6. The smallest absolute Gasteiger partial charge is 0.212 e. The van der Waals surface area contributed by atoms with Crippen molar-refractivity contribution in [1.82, 2.24) is 9.55 Å². The van der Waals surface area contributed by atoms with Crippen LogP contribution in [0.4, 0.5) is 0 Å². The standard InChI is InChI=1S/C19H22N2Si.C15H15B/c1-2-15-22(17-21-14-13-20-16-21,18-9-5-3-6-10-18)19-11-7-4-8-12-19;1-3-7-13(8-4-1)16(15-11-12-15)14-9-5-2-6-10-14/h3-14,16H,2,15,17H2,1H3;1-10,15H,11-12H2. The van der Waals surface area contributed by atoms with E-state index in [4.69, 9.17) is 0 Å². The van der Waals surface area contributed by atoms with E-state index in [2.05, 4.69) is 144 Å². The van der Waals surface area contributed by atoms with Crippen molar-refractivity contribution < 1.29 is 0 Å². The van der Waals surface area contributed by atoms with Gasteiger partial charge in [-0.1, -0.05) is 175 Å². The first-order valence-corrected chi connectivity index (χ1v) is 16.4. The van der Waals surface area contributed by atoms with Gasteiger partial charge >= 0.3 is 0 Å². The van der Waals surface area contributed by atoms with Gasteiger partial charge in [0.1, 0.15) is 8.07 Å². The molecule has 0 unspecified atom stereocenters. The average Bonchev–Trinajstić information content (AvgIpc) is 3.69. The molecule has 1 fully saturated rings. The quantitative estimate of drug-likeness (QED) is 0.237. The topological polar surface area (TPSA) is 17.8 Å². The van der Waals surface area contributed by atoms with Crippen LogP contribution in [0.15, 0.2) is 140 Å². The molecule has 1 aromatic heterocycles. The molecular formula is C34H37BN2Si. The highest BCUT2D eigenvalue weighted by molar-refractivity contribution is 7.01. The van der Waals surface area contributed by atoms with E-state index in [0.29, 0.717) is 6.71 Å². The van der Waals surface area contributed by atoms with Crippen LogP contribution in [-0.2, 0) is 6.17 Å². The molecule has 0 saturated heterocycles. The molecule has 1 aliphatic carbocycles. The van der Waals surface area contributed by atoms with Crippen molar-refractivity contribution >= 4 is 36.1 Å². The molecule has 190 valence electrons. The van der Waals surface area contributed by atoms with Gasteiger partial charge in [-0.05, 0) is 6.04 Å². The van der Waals surface area contributed by atoms with Gasteiger partial charge in [0, 0.05) is 18.6 Å². The zero-order valence-electron chi connectivity index (χ0n) is 22.4. The summed E-state index contributed by atoms with van der Waals surface area (Å²) in [6, 6.07) is 45.2. The average molecular weight is 513 g/mol. The lowest BCUT2D eigenvalue weighted by Gasteiger charge is -2.33. The lowest BCUT2D eigenvalue weighted by atomic mass is 9.37. The van der Waals surface area contributed by atoms with E-state index in [9.17, 15) is 0 Å². The van der Waals surface area contributed by atoms with Gasteiger partial charge in [0.15, 0.2) is 0 Å². The van der Waals surface area contributed by atoms with Gasteiger partial charge in [-0.2, -0.15) is 0 Å². The molecule has 5 aromatic rings. The van der Waals surface area contributed by atoms with Crippen LogP contribution in [-0.4, -0.2) is 24.3 Å². The minimum absolute atomic E-state index is 0.613. The molecule has 1 heterocycles. The third kappa shape index (κ3) is 6.25. The van der Waals surface area contributed by atoms with Crippen molar-refractivity contribution in [2.24, 2.45) is 0 Å². The fourth-order valence-electron chi connectivity index (χ4n) is 5.84. The summed E-state index contributed by atoms with van der Waals surface area (Å²) in [5, 5.41) is 3.02. The largest absolute Gasteiger partial charge is 0.340 e. The monoisotopic (exact) mass is 512 g/mol. The Morgan fingerprint density at radius 3 is 1.58 bits per heavy atom. The summed E-state index contributed by atoms with van der Waals surface area (Å²) in [6.07, 6.45) is 10.9. The molecule has 0 radical (unpaired) electrons.